The standard InChI is InChI=1S/C22H42O/c1-3-4-5-6-7-8-9-10-11-12-13-14-15-16-17-21(2)22-18-19-23-20-22/h16-17,21-22H,3-15,18-20H2,1-2H3/b17-16+/t21-,22?/m0/s1/i19+1,20+1. The van der Waals surface area contributed by atoms with E-state index in [1.165, 1.54) is 89.9 Å². The summed E-state index contributed by atoms with van der Waals surface area (Å²) < 4.78 is 5.47. The van der Waals surface area contributed by atoms with Crippen molar-refractivity contribution in [2.75, 3.05) is 13.2 Å². The van der Waals surface area contributed by atoms with E-state index in [9.17, 15) is 0 Å². The Kier molecular flexibility index (Phi) is 13.7. The minimum absolute atomic E-state index is 0.704. The second-order valence-corrected chi connectivity index (χ2v) is 7.59. The van der Waals surface area contributed by atoms with E-state index in [1.807, 2.05) is 0 Å². The maximum absolute atomic E-state index is 5.47. The Hall–Kier alpha value is -0.300. The lowest BCUT2D eigenvalue weighted by atomic mass is 9.99. The first-order valence-corrected chi connectivity index (χ1v) is 10.6. The third kappa shape index (κ3) is 11.8. The molecule has 1 aliphatic heterocycles. The van der Waals surface area contributed by atoms with Crippen LogP contribution in [0.25, 0.3) is 0 Å². The third-order valence-electron chi connectivity index (χ3n) is 5.37. The van der Waals surface area contributed by atoms with Gasteiger partial charge in [0.2, 0.25) is 0 Å². The fourth-order valence-corrected chi connectivity index (χ4v) is 3.54. The maximum Gasteiger partial charge on any atom is 0.0500 e. The second-order valence-electron chi connectivity index (χ2n) is 7.59. The average molecular weight is 325 g/mol. The van der Waals surface area contributed by atoms with E-state index in [-0.39, 0.29) is 0 Å². The number of allylic oxidation sites excluding steroid dienone is 2. The lowest BCUT2D eigenvalue weighted by Crippen LogP contribution is -2.08. The van der Waals surface area contributed by atoms with Crippen molar-refractivity contribution in [3.05, 3.63) is 12.2 Å². The number of hydrogen-bond acceptors (Lipinski definition) is 1. The van der Waals surface area contributed by atoms with E-state index in [0.29, 0.717) is 5.92 Å². The maximum atomic E-state index is 5.47. The molecule has 1 saturated heterocycles. The molecule has 0 N–H and O–H groups in total. The molecule has 0 aliphatic carbocycles. The van der Waals surface area contributed by atoms with Crippen LogP contribution in [-0.4, -0.2) is 13.2 Å². The highest BCUT2D eigenvalue weighted by Crippen LogP contribution is 2.23. The summed E-state index contributed by atoms with van der Waals surface area (Å²) in [6, 6.07) is 0. The fourth-order valence-electron chi connectivity index (χ4n) is 3.54. The SMILES string of the molecule is CCCCCCCCCCCCCC/C=C/[C@H](C)C1C[13CH2]O[13CH2]1. The molecule has 0 aromatic carbocycles. The number of hydrogen-bond donors (Lipinski definition) is 0. The van der Waals surface area contributed by atoms with Crippen molar-refractivity contribution in [1.29, 1.82) is 0 Å². The summed E-state index contributed by atoms with van der Waals surface area (Å²) >= 11 is 0. The van der Waals surface area contributed by atoms with Gasteiger partial charge < -0.3 is 4.74 Å². The molecule has 1 heterocycles. The van der Waals surface area contributed by atoms with Crippen LogP contribution in [0.15, 0.2) is 12.2 Å². The van der Waals surface area contributed by atoms with Gasteiger partial charge in [-0.3, -0.25) is 0 Å². The largest absolute Gasteiger partial charge is 0.381 e. The quantitative estimate of drug-likeness (QED) is 0.174. The molecular formula is C22H42O. The first-order valence-electron chi connectivity index (χ1n) is 10.6. The summed E-state index contributed by atoms with van der Waals surface area (Å²) in [5, 5.41) is 0. The van der Waals surface area contributed by atoms with Gasteiger partial charge in [-0.2, -0.15) is 0 Å². The van der Waals surface area contributed by atoms with E-state index in [2.05, 4.69) is 26.0 Å². The van der Waals surface area contributed by atoms with E-state index >= 15 is 0 Å². The molecule has 23 heavy (non-hydrogen) atoms. The molecule has 0 saturated carbocycles. The number of ether oxygens (including phenoxy) is 1. The monoisotopic (exact) mass is 324 g/mol. The van der Waals surface area contributed by atoms with Crippen LogP contribution in [0.5, 0.6) is 0 Å². The van der Waals surface area contributed by atoms with Gasteiger partial charge in [-0.15, -0.1) is 0 Å². The highest BCUT2D eigenvalue weighted by molar-refractivity contribution is 4.90. The van der Waals surface area contributed by atoms with Crippen molar-refractivity contribution in [2.24, 2.45) is 11.8 Å². The minimum Gasteiger partial charge on any atom is -0.381 e. The molecule has 0 bridgehead atoms. The van der Waals surface area contributed by atoms with Gasteiger partial charge in [-0.05, 0) is 31.1 Å². The summed E-state index contributed by atoms with van der Waals surface area (Å²) in [5.41, 5.74) is 0. The lowest BCUT2D eigenvalue weighted by Gasteiger charge is -2.12. The molecule has 1 rings (SSSR count). The Labute approximate surface area is 146 Å². The summed E-state index contributed by atoms with van der Waals surface area (Å²) in [6.45, 7) is 6.59. The molecule has 1 fully saturated rings. The van der Waals surface area contributed by atoms with Crippen LogP contribution in [0.2, 0.25) is 0 Å². The molecule has 0 aromatic rings. The van der Waals surface area contributed by atoms with Crippen LogP contribution < -0.4 is 0 Å². The summed E-state index contributed by atoms with van der Waals surface area (Å²) in [6.07, 6.45) is 24.6. The van der Waals surface area contributed by atoms with Gasteiger partial charge in [-0.25, -0.2) is 0 Å². The van der Waals surface area contributed by atoms with Crippen LogP contribution in [-0.2, 0) is 4.74 Å². The summed E-state index contributed by atoms with van der Waals surface area (Å²) in [7, 11) is 0. The fraction of sp³-hybridized carbons (Fsp3) is 0.909. The van der Waals surface area contributed by atoms with E-state index in [1.54, 1.807) is 0 Å². The Balaban J connectivity index is 1.77. The highest BCUT2D eigenvalue weighted by Gasteiger charge is 2.19. The Morgan fingerprint density at radius 2 is 1.43 bits per heavy atom. The molecule has 0 radical (unpaired) electrons. The molecule has 1 unspecified atom stereocenters. The number of unbranched alkanes of at least 4 members (excludes halogenated alkanes) is 12. The highest BCUT2D eigenvalue weighted by atomic mass is 16.6. The number of rotatable bonds is 15. The van der Waals surface area contributed by atoms with E-state index in [4.69, 9.17) is 4.74 Å². The molecular weight excluding hydrogens is 282 g/mol. The van der Waals surface area contributed by atoms with Gasteiger partial charge in [0.25, 0.3) is 0 Å². The van der Waals surface area contributed by atoms with Gasteiger partial charge in [0.1, 0.15) is 0 Å². The van der Waals surface area contributed by atoms with E-state index in [0.717, 1.165) is 19.1 Å². The Morgan fingerprint density at radius 1 is 0.870 bits per heavy atom. The van der Waals surface area contributed by atoms with Crippen LogP contribution in [0.1, 0.15) is 104 Å². The molecule has 0 spiro atoms. The molecule has 1 aliphatic rings. The van der Waals surface area contributed by atoms with Crippen molar-refractivity contribution in [1.82, 2.24) is 0 Å². The van der Waals surface area contributed by atoms with Crippen molar-refractivity contribution >= 4 is 0 Å². The van der Waals surface area contributed by atoms with Crippen molar-refractivity contribution < 1.29 is 4.74 Å². The minimum atomic E-state index is 0.704. The Bertz CT molecular complexity index is 265. The molecule has 136 valence electrons. The van der Waals surface area contributed by atoms with Crippen molar-refractivity contribution in [2.45, 2.75) is 104 Å². The first-order chi connectivity index (χ1) is 11.3. The zero-order chi connectivity index (χ0) is 16.6. The predicted octanol–water partition coefficient (Wildman–Crippen LogP) is 7.31. The zero-order valence-electron chi connectivity index (χ0n) is 16.0. The second kappa shape index (κ2) is 15.2. The van der Waals surface area contributed by atoms with Crippen LogP contribution >= 0.6 is 0 Å². The first kappa shape index (κ1) is 20.7. The molecule has 0 amide bonds. The van der Waals surface area contributed by atoms with Crippen LogP contribution in [0.4, 0.5) is 0 Å². The van der Waals surface area contributed by atoms with Crippen molar-refractivity contribution in [3.63, 3.8) is 0 Å². The normalized spacial score (nSPS) is 19.7. The Morgan fingerprint density at radius 3 is 1.96 bits per heavy atom. The van der Waals surface area contributed by atoms with Gasteiger partial charge in [0.05, 0.1) is 6.61 Å². The van der Waals surface area contributed by atoms with Crippen LogP contribution in [0.3, 0.4) is 0 Å². The molecule has 1 nitrogen and oxygen atoms in total. The summed E-state index contributed by atoms with van der Waals surface area (Å²) in [4.78, 5) is 0. The van der Waals surface area contributed by atoms with Gasteiger partial charge in [-0.1, -0.05) is 96.6 Å². The third-order valence-corrected chi connectivity index (χ3v) is 5.37. The molecule has 2 atom stereocenters. The van der Waals surface area contributed by atoms with Crippen molar-refractivity contribution in [3.8, 4) is 0 Å². The topological polar surface area (TPSA) is 9.23 Å². The predicted molar refractivity (Wildman–Crippen MR) is 103 cm³/mol. The van der Waals surface area contributed by atoms with Crippen LogP contribution in [0, 0.1) is 11.8 Å². The zero-order valence-corrected chi connectivity index (χ0v) is 16.0. The van der Waals surface area contributed by atoms with Gasteiger partial charge in [0.15, 0.2) is 0 Å². The van der Waals surface area contributed by atoms with E-state index < -0.39 is 0 Å². The van der Waals surface area contributed by atoms with Gasteiger partial charge in [0, 0.05) is 6.61 Å². The smallest absolute Gasteiger partial charge is 0.0500 e. The molecule has 1 heteroatoms. The molecule has 0 aromatic heterocycles. The lowest BCUT2D eigenvalue weighted by molar-refractivity contribution is 0.179. The average Bonchev–Trinajstić information content (AvgIpc) is 3.09. The summed E-state index contributed by atoms with van der Waals surface area (Å²) in [5.74, 6) is 1.48. The van der Waals surface area contributed by atoms with Gasteiger partial charge >= 0.3 is 0 Å².